The summed E-state index contributed by atoms with van der Waals surface area (Å²) in [6.45, 7) is 2.07. The molecule has 0 bridgehead atoms. The molecule has 0 aromatic heterocycles. The minimum atomic E-state index is -0.412. The first-order valence-electron chi connectivity index (χ1n) is 4.77. The van der Waals surface area contributed by atoms with Crippen LogP contribution in [0.5, 0.6) is 0 Å². The van der Waals surface area contributed by atoms with Gasteiger partial charge in [-0.25, -0.2) is 4.79 Å². The van der Waals surface area contributed by atoms with Gasteiger partial charge in [0.1, 0.15) is 0 Å². The molecule has 16 heavy (non-hydrogen) atoms. The van der Waals surface area contributed by atoms with Crippen LogP contribution in [0.15, 0.2) is 24.3 Å². The van der Waals surface area contributed by atoms with Crippen molar-refractivity contribution in [3.63, 3.8) is 0 Å². The SMILES string of the molecule is CCOC(=O)C=Cc1ccc(Cl)c(C=O)c1. The molecule has 0 unspecified atom stereocenters. The van der Waals surface area contributed by atoms with E-state index in [-0.39, 0.29) is 0 Å². The Morgan fingerprint density at radius 1 is 1.50 bits per heavy atom. The third-order valence-corrected chi connectivity index (χ3v) is 2.19. The maximum Gasteiger partial charge on any atom is 0.330 e. The van der Waals surface area contributed by atoms with Crippen LogP contribution < -0.4 is 0 Å². The van der Waals surface area contributed by atoms with Gasteiger partial charge in [0.25, 0.3) is 0 Å². The van der Waals surface area contributed by atoms with Crippen molar-refractivity contribution < 1.29 is 14.3 Å². The summed E-state index contributed by atoms with van der Waals surface area (Å²) in [5.41, 5.74) is 1.12. The Morgan fingerprint density at radius 3 is 2.88 bits per heavy atom. The third-order valence-electron chi connectivity index (χ3n) is 1.85. The van der Waals surface area contributed by atoms with E-state index >= 15 is 0 Å². The van der Waals surface area contributed by atoms with Crippen LogP contribution in [-0.4, -0.2) is 18.9 Å². The van der Waals surface area contributed by atoms with Crippen molar-refractivity contribution in [1.29, 1.82) is 0 Å². The summed E-state index contributed by atoms with van der Waals surface area (Å²) in [5.74, 6) is -0.412. The second-order valence-corrected chi connectivity index (χ2v) is 3.39. The summed E-state index contributed by atoms with van der Waals surface area (Å²) in [5, 5.41) is 0.392. The molecular weight excluding hydrogens is 228 g/mol. The lowest BCUT2D eigenvalue weighted by atomic mass is 10.1. The second kappa shape index (κ2) is 6.08. The molecule has 0 N–H and O–H groups in total. The number of benzene rings is 1. The van der Waals surface area contributed by atoms with Gasteiger partial charge in [0.15, 0.2) is 6.29 Å². The Hall–Kier alpha value is -1.61. The maximum atomic E-state index is 11.0. The van der Waals surface area contributed by atoms with Gasteiger partial charge in [-0.05, 0) is 30.7 Å². The number of carbonyl (C=O) groups is 2. The van der Waals surface area contributed by atoms with Gasteiger partial charge < -0.3 is 4.74 Å². The van der Waals surface area contributed by atoms with E-state index in [2.05, 4.69) is 0 Å². The van der Waals surface area contributed by atoms with Gasteiger partial charge in [-0.3, -0.25) is 4.79 Å². The molecule has 0 spiro atoms. The second-order valence-electron chi connectivity index (χ2n) is 2.98. The van der Waals surface area contributed by atoms with E-state index < -0.39 is 5.97 Å². The first-order chi connectivity index (χ1) is 7.67. The maximum absolute atomic E-state index is 11.0. The van der Waals surface area contributed by atoms with Gasteiger partial charge in [-0.15, -0.1) is 0 Å². The zero-order valence-corrected chi connectivity index (χ0v) is 9.53. The molecule has 0 fully saturated rings. The molecule has 0 saturated carbocycles. The standard InChI is InChI=1S/C12H11ClO3/c1-2-16-12(15)6-4-9-3-5-11(13)10(7-9)8-14/h3-8H,2H2,1H3. The molecular formula is C12H11ClO3. The quantitative estimate of drug-likeness (QED) is 0.460. The summed E-state index contributed by atoms with van der Waals surface area (Å²) in [6, 6.07) is 4.92. The lowest BCUT2D eigenvalue weighted by Gasteiger charge is -1.98. The number of ether oxygens (including phenoxy) is 1. The van der Waals surface area contributed by atoms with Crippen molar-refractivity contribution in [3.8, 4) is 0 Å². The molecule has 1 aromatic rings. The topological polar surface area (TPSA) is 43.4 Å². The highest BCUT2D eigenvalue weighted by atomic mass is 35.5. The summed E-state index contributed by atoms with van der Waals surface area (Å²) < 4.78 is 4.72. The summed E-state index contributed by atoms with van der Waals surface area (Å²) in [6.07, 6.45) is 3.55. The fourth-order valence-corrected chi connectivity index (χ4v) is 1.27. The molecule has 0 aliphatic carbocycles. The molecule has 0 aliphatic heterocycles. The van der Waals surface area contributed by atoms with Crippen LogP contribution in [0.1, 0.15) is 22.8 Å². The van der Waals surface area contributed by atoms with Crippen molar-refractivity contribution >= 4 is 29.9 Å². The number of rotatable bonds is 4. The van der Waals surface area contributed by atoms with E-state index in [1.165, 1.54) is 6.08 Å². The Labute approximate surface area is 98.7 Å². The predicted octanol–water partition coefficient (Wildman–Crippen LogP) is 2.73. The van der Waals surface area contributed by atoms with Crippen molar-refractivity contribution in [2.24, 2.45) is 0 Å². The minimum absolute atomic E-state index is 0.337. The fraction of sp³-hybridized carbons (Fsp3) is 0.167. The predicted molar refractivity (Wildman–Crippen MR) is 62.5 cm³/mol. The summed E-state index contributed by atoms with van der Waals surface area (Å²) in [7, 11) is 0. The van der Waals surface area contributed by atoms with Gasteiger partial charge >= 0.3 is 5.97 Å². The van der Waals surface area contributed by atoms with E-state index in [4.69, 9.17) is 16.3 Å². The number of halogens is 1. The first-order valence-corrected chi connectivity index (χ1v) is 5.14. The lowest BCUT2D eigenvalue weighted by Crippen LogP contribution is -1.98. The highest BCUT2D eigenvalue weighted by molar-refractivity contribution is 6.33. The molecule has 0 atom stereocenters. The van der Waals surface area contributed by atoms with E-state index in [1.807, 2.05) is 0 Å². The van der Waals surface area contributed by atoms with E-state index in [9.17, 15) is 9.59 Å². The van der Waals surface area contributed by atoms with Crippen molar-refractivity contribution in [2.75, 3.05) is 6.61 Å². The van der Waals surface area contributed by atoms with E-state index in [1.54, 1.807) is 31.2 Å². The minimum Gasteiger partial charge on any atom is -0.463 e. The van der Waals surface area contributed by atoms with E-state index in [0.29, 0.717) is 23.5 Å². The molecule has 4 heteroatoms. The average Bonchev–Trinajstić information content (AvgIpc) is 2.28. The molecule has 1 rings (SSSR count). The molecule has 0 amide bonds. The molecule has 0 aliphatic rings. The summed E-state index contributed by atoms with van der Waals surface area (Å²) >= 11 is 5.76. The first kappa shape index (κ1) is 12.5. The number of esters is 1. The largest absolute Gasteiger partial charge is 0.463 e. The zero-order chi connectivity index (χ0) is 12.0. The smallest absolute Gasteiger partial charge is 0.330 e. The van der Waals surface area contributed by atoms with Crippen LogP contribution >= 0.6 is 11.6 Å². The molecule has 0 heterocycles. The van der Waals surface area contributed by atoms with Crippen LogP contribution in [0.4, 0.5) is 0 Å². The Balaban J connectivity index is 2.82. The Kier molecular flexibility index (Phi) is 4.73. The Bertz CT molecular complexity index is 424. The van der Waals surface area contributed by atoms with Crippen molar-refractivity contribution in [3.05, 3.63) is 40.4 Å². The molecule has 0 saturated heterocycles. The fourth-order valence-electron chi connectivity index (χ4n) is 1.11. The van der Waals surface area contributed by atoms with Crippen molar-refractivity contribution in [2.45, 2.75) is 6.92 Å². The van der Waals surface area contributed by atoms with Gasteiger partial charge in [0.2, 0.25) is 0 Å². The lowest BCUT2D eigenvalue weighted by molar-refractivity contribution is -0.137. The average molecular weight is 239 g/mol. The molecule has 0 radical (unpaired) electrons. The molecule has 84 valence electrons. The van der Waals surface area contributed by atoms with Gasteiger partial charge in [0, 0.05) is 11.6 Å². The number of aldehydes is 1. The number of hydrogen-bond donors (Lipinski definition) is 0. The van der Waals surface area contributed by atoms with Crippen LogP contribution in [0.2, 0.25) is 5.02 Å². The van der Waals surface area contributed by atoms with Crippen LogP contribution in [-0.2, 0) is 9.53 Å². The van der Waals surface area contributed by atoms with Crippen molar-refractivity contribution in [1.82, 2.24) is 0 Å². The molecule has 3 nitrogen and oxygen atoms in total. The van der Waals surface area contributed by atoms with Crippen LogP contribution in [0.3, 0.4) is 0 Å². The monoisotopic (exact) mass is 238 g/mol. The highest BCUT2D eigenvalue weighted by Gasteiger charge is 1.99. The van der Waals surface area contributed by atoms with Gasteiger partial charge in [-0.1, -0.05) is 17.7 Å². The van der Waals surface area contributed by atoms with Gasteiger partial charge in [-0.2, -0.15) is 0 Å². The van der Waals surface area contributed by atoms with E-state index in [0.717, 1.165) is 5.56 Å². The summed E-state index contributed by atoms with van der Waals surface area (Å²) in [4.78, 5) is 21.7. The van der Waals surface area contributed by atoms with Crippen LogP contribution in [0.25, 0.3) is 6.08 Å². The molecule has 1 aromatic carbocycles. The number of carbonyl (C=O) groups excluding carboxylic acids is 2. The number of hydrogen-bond acceptors (Lipinski definition) is 3. The zero-order valence-electron chi connectivity index (χ0n) is 8.77. The van der Waals surface area contributed by atoms with Crippen LogP contribution in [0, 0.1) is 0 Å². The normalized spacial score (nSPS) is 10.4. The Morgan fingerprint density at radius 2 is 2.25 bits per heavy atom. The highest BCUT2D eigenvalue weighted by Crippen LogP contribution is 2.16. The third kappa shape index (κ3) is 3.51. The van der Waals surface area contributed by atoms with Gasteiger partial charge in [0.05, 0.1) is 11.6 Å².